The van der Waals surface area contributed by atoms with Gasteiger partial charge in [0.05, 0.1) is 39.2 Å². The Balaban J connectivity index is 1.05. The largest absolute Gasteiger partial charge is 0.279 e. The number of fused-ring (bicyclic) bond motifs is 15. The number of para-hydroxylation sites is 3. The first-order valence-corrected chi connectivity index (χ1v) is 22.2. The van der Waals surface area contributed by atoms with E-state index in [2.05, 4.69) is 211 Å². The number of nitriles is 1. The van der Waals surface area contributed by atoms with Crippen LogP contribution < -0.4 is 0 Å². The molecule has 0 saturated heterocycles. The summed E-state index contributed by atoms with van der Waals surface area (Å²) < 4.78 is 4.59. The van der Waals surface area contributed by atoms with E-state index in [0.717, 1.165) is 50.1 Å². The molecule has 10 aromatic carbocycles. The van der Waals surface area contributed by atoms with Crippen molar-refractivity contribution in [2.45, 2.75) is 19.3 Å². The van der Waals surface area contributed by atoms with Crippen molar-refractivity contribution in [1.82, 2.24) is 18.9 Å². The van der Waals surface area contributed by atoms with Gasteiger partial charge in [-0.05, 0) is 137 Å². The SMILES string of the molecule is CC1(C)c2cc(C#N)ccc2-c2ccc(-c3c4ccccc4c(-c4ccc5c(c4)c4c6ccccc6ccc4n5-c4nc5ccccc5c5nc6ccccc6n45)c4ccccc34)cc21. The minimum absolute atomic E-state index is 0.253. The molecule has 13 aromatic rings. The smallest absolute Gasteiger partial charge is 0.221 e. The maximum Gasteiger partial charge on any atom is 0.221 e. The van der Waals surface area contributed by atoms with E-state index in [4.69, 9.17) is 9.97 Å². The highest BCUT2D eigenvalue weighted by molar-refractivity contribution is 6.25. The van der Waals surface area contributed by atoms with Gasteiger partial charge in [0, 0.05) is 21.6 Å². The molecule has 3 heterocycles. The third-order valence-corrected chi connectivity index (χ3v) is 14.3. The molecular formula is C60H37N5. The summed E-state index contributed by atoms with van der Waals surface area (Å²) >= 11 is 0. The van der Waals surface area contributed by atoms with Gasteiger partial charge in [-0.3, -0.25) is 8.97 Å². The van der Waals surface area contributed by atoms with E-state index in [1.807, 2.05) is 6.07 Å². The standard InChI is InChI=1S/C60H37N5/c1-60(2)48-31-35(34-61)23-27-40(48)41-28-24-38(33-49(41)60)56-44-17-7-5-15-42(44)55(43-16-6-8-18-45(43)56)37-26-29-52-47(32-37)57-39-14-4-3-13-36(39)25-30-54(57)64(52)59-63-50-20-10-9-19-46(50)58-62-51-21-11-12-22-53(51)65(58)59/h3-33H,1-2H3. The van der Waals surface area contributed by atoms with Crippen molar-refractivity contribution < 1.29 is 0 Å². The van der Waals surface area contributed by atoms with Crippen molar-refractivity contribution in [3.8, 4) is 45.4 Å². The van der Waals surface area contributed by atoms with Crippen molar-refractivity contribution in [2.24, 2.45) is 0 Å². The average molecular weight is 828 g/mol. The molecule has 1 aliphatic carbocycles. The van der Waals surface area contributed by atoms with Crippen molar-refractivity contribution in [3.05, 3.63) is 205 Å². The first-order chi connectivity index (χ1) is 32.0. The first-order valence-electron chi connectivity index (χ1n) is 22.2. The van der Waals surface area contributed by atoms with Crippen LogP contribution in [0.5, 0.6) is 0 Å². The van der Waals surface area contributed by atoms with Crippen molar-refractivity contribution in [1.29, 1.82) is 5.26 Å². The highest BCUT2D eigenvalue weighted by atomic mass is 15.2. The van der Waals surface area contributed by atoms with Crippen LogP contribution in [0.4, 0.5) is 0 Å². The van der Waals surface area contributed by atoms with Gasteiger partial charge in [-0.1, -0.05) is 141 Å². The molecule has 302 valence electrons. The summed E-state index contributed by atoms with van der Waals surface area (Å²) in [4.78, 5) is 10.7. The topological polar surface area (TPSA) is 58.9 Å². The molecule has 14 rings (SSSR count). The second-order valence-corrected chi connectivity index (χ2v) is 18.0. The van der Waals surface area contributed by atoms with Gasteiger partial charge in [-0.2, -0.15) is 5.26 Å². The van der Waals surface area contributed by atoms with E-state index in [1.165, 1.54) is 82.0 Å². The zero-order chi connectivity index (χ0) is 43.1. The Kier molecular flexibility index (Phi) is 7.18. The number of aromatic nitrogens is 4. The minimum Gasteiger partial charge on any atom is -0.279 e. The van der Waals surface area contributed by atoms with Crippen LogP contribution in [0.1, 0.15) is 30.5 Å². The predicted octanol–water partition coefficient (Wildman–Crippen LogP) is 15.1. The van der Waals surface area contributed by atoms with Gasteiger partial charge in [-0.15, -0.1) is 0 Å². The molecule has 0 unspecified atom stereocenters. The number of hydrogen-bond donors (Lipinski definition) is 0. The third-order valence-electron chi connectivity index (χ3n) is 14.3. The highest BCUT2D eigenvalue weighted by Crippen LogP contribution is 2.52. The van der Waals surface area contributed by atoms with Gasteiger partial charge in [-0.25, -0.2) is 9.97 Å². The molecule has 0 atom stereocenters. The Hall–Kier alpha value is -8.59. The Labute approximate surface area is 373 Å². The molecule has 0 radical (unpaired) electrons. The normalized spacial score (nSPS) is 13.2. The lowest BCUT2D eigenvalue weighted by Gasteiger charge is -2.23. The van der Waals surface area contributed by atoms with E-state index in [0.29, 0.717) is 5.56 Å². The average Bonchev–Trinajstić information content (AvgIpc) is 3.98. The van der Waals surface area contributed by atoms with Gasteiger partial charge in [0.2, 0.25) is 5.95 Å². The summed E-state index contributed by atoms with van der Waals surface area (Å²) in [6.07, 6.45) is 0. The summed E-state index contributed by atoms with van der Waals surface area (Å²) in [6.45, 7) is 4.57. The lowest BCUT2D eigenvalue weighted by molar-refractivity contribution is 0.660. The Morgan fingerprint density at radius 3 is 1.75 bits per heavy atom. The van der Waals surface area contributed by atoms with E-state index in [9.17, 15) is 5.26 Å². The number of rotatable bonds is 3. The highest BCUT2D eigenvalue weighted by Gasteiger charge is 2.36. The van der Waals surface area contributed by atoms with Crippen LogP contribution in [0.2, 0.25) is 0 Å². The number of imidazole rings is 1. The summed E-state index contributed by atoms with van der Waals surface area (Å²) in [6, 6.07) is 70.3. The fraction of sp³-hybridized carbons (Fsp3) is 0.0500. The maximum atomic E-state index is 9.78. The van der Waals surface area contributed by atoms with E-state index in [-0.39, 0.29) is 5.41 Å². The zero-order valence-electron chi connectivity index (χ0n) is 35.6. The number of hydrogen-bond acceptors (Lipinski definition) is 3. The third kappa shape index (κ3) is 4.86. The molecule has 65 heavy (non-hydrogen) atoms. The van der Waals surface area contributed by atoms with Gasteiger partial charge in [0.1, 0.15) is 5.65 Å². The van der Waals surface area contributed by atoms with Crippen molar-refractivity contribution in [2.75, 3.05) is 0 Å². The van der Waals surface area contributed by atoms with E-state index in [1.54, 1.807) is 0 Å². The molecule has 0 amide bonds. The molecule has 0 saturated carbocycles. The monoisotopic (exact) mass is 827 g/mol. The fourth-order valence-corrected chi connectivity index (χ4v) is 11.4. The van der Waals surface area contributed by atoms with Gasteiger partial charge >= 0.3 is 0 Å². The number of benzene rings is 10. The Morgan fingerprint density at radius 2 is 1.03 bits per heavy atom. The molecule has 0 N–H and O–H groups in total. The molecule has 1 aliphatic rings. The summed E-state index contributed by atoms with van der Waals surface area (Å²) in [5.41, 5.74) is 16.1. The first kappa shape index (κ1) is 35.9. The van der Waals surface area contributed by atoms with Crippen LogP contribution in [0.15, 0.2) is 188 Å². The van der Waals surface area contributed by atoms with Crippen LogP contribution >= 0.6 is 0 Å². The minimum atomic E-state index is -0.253. The Morgan fingerprint density at radius 1 is 0.462 bits per heavy atom. The second kappa shape index (κ2) is 13.0. The predicted molar refractivity (Wildman–Crippen MR) is 268 cm³/mol. The molecular weight excluding hydrogens is 791 g/mol. The van der Waals surface area contributed by atoms with Crippen LogP contribution in [-0.4, -0.2) is 18.9 Å². The molecule has 0 aliphatic heterocycles. The molecule has 0 fully saturated rings. The lowest BCUT2D eigenvalue weighted by atomic mass is 9.80. The Bertz CT molecular complexity index is 4230. The van der Waals surface area contributed by atoms with Gasteiger partial charge in [0.15, 0.2) is 0 Å². The van der Waals surface area contributed by atoms with Crippen LogP contribution in [0, 0.1) is 11.3 Å². The lowest BCUT2D eigenvalue weighted by Crippen LogP contribution is -2.15. The summed E-state index contributed by atoms with van der Waals surface area (Å²) in [5.74, 6) is 0.807. The van der Waals surface area contributed by atoms with Gasteiger partial charge < -0.3 is 0 Å². The van der Waals surface area contributed by atoms with Crippen LogP contribution in [-0.2, 0) is 5.41 Å². The molecule has 0 bridgehead atoms. The van der Waals surface area contributed by atoms with Crippen LogP contribution in [0.25, 0.3) is 121 Å². The van der Waals surface area contributed by atoms with Crippen LogP contribution in [0.3, 0.4) is 0 Å². The molecule has 3 aromatic heterocycles. The summed E-state index contributed by atoms with van der Waals surface area (Å²) in [5, 5.41) is 20.4. The molecule has 0 spiro atoms. The molecule has 5 nitrogen and oxygen atoms in total. The van der Waals surface area contributed by atoms with E-state index >= 15 is 0 Å². The fourth-order valence-electron chi connectivity index (χ4n) is 11.4. The molecule has 5 heteroatoms. The second-order valence-electron chi connectivity index (χ2n) is 18.0. The van der Waals surface area contributed by atoms with Crippen molar-refractivity contribution >= 4 is 81.7 Å². The summed E-state index contributed by atoms with van der Waals surface area (Å²) in [7, 11) is 0. The van der Waals surface area contributed by atoms with Crippen molar-refractivity contribution in [3.63, 3.8) is 0 Å². The van der Waals surface area contributed by atoms with Gasteiger partial charge in [0.25, 0.3) is 0 Å². The quantitative estimate of drug-likeness (QED) is 0.167. The zero-order valence-corrected chi connectivity index (χ0v) is 35.6. The van der Waals surface area contributed by atoms with E-state index < -0.39 is 0 Å². The number of nitrogens with zero attached hydrogens (tertiary/aromatic N) is 5. The maximum absolute atomic E-state index is 9.78.